The fourth-order valence-electron chi connectivity index (χ4n) is 5.01. The van der Waals surface area contributed by atoms with E-state index in [4.69, 9.17) is 0 Å². The Hall–Kier alpha value is -1.60. The first-order valence-electron chi connectivity index (χ1n) is 11.6. The van der Waals surface area contributed by atoms with Crippen LogP contribution in [0.1, 0.15) is 75.1 Å². The smallest absolute Gasteiger partial charge is 0.253 e. The van der Waals surface area contributed by atoms with Gasteiger partial charge in [0.2, 0.25) is 10.0 Å². The van der Waals surface area contributed by atoms with Gasteiger partial charge in [-0.1, -0.05) is 13.3 Å². The molecule has 166 valence electrons. The van der Waals surface area contributed by atoms with Crippen molar-refractivity contribution in [2.75, 3.05) is 31.1 Å². The first-order chi connectivity index (χ1) is 14.4. The molecule has 1 aromatic carbocycles. The fraction of sp³-hybridized carbons (Fsp3) is 0.696. The second-order valence-electron chi connectivity index (χ2n) is 9.27. The third-order valence-electron chi connectivity index (χ3n) is 6.96. The summed E-state index contributed by atoms with van der Waals surface area (Å²) < 4.78 is 28.0. The second-order valence-corrected chi connectivity index (χ2v) is 11.2. The standard InChI is InChI=1S/C23H35N3O3S/c1-18-7-9-19(10-8-18)24-23(27)21-17-20(11-12-22(21)25-13-5-6-14-25)30(28,29)26-15-3-2-4-16-26/h11-12,17-19H,2-10,13-16H2,1H3,(H,24,27). The molecule has 0 aromatic heterocycles. The van der Waals surface area contributed by atoms with Crippen molar-refractivity contribution in [3.63, 3.8) is 0 Å². The van der Waals surface area contributed by atoms with E-state index in [0.717, 1.165) is 82.5 Å². The van der Waals surface area contributed by atoms with E-state index in [1.54, 1.807) is 16.4 Å². The van der Waals surface area contributed by atoms with Crippen LogP contribution < -0.4 is 10.2 Å². The Bertz CT molecular complexity index is 850. The molecular weight excluding hydrogens is 398 g/mol. The number of hydrogen-bond acceptors (Lipinski definition) is 4. The average molecular weight is 434 g/mol. The van der Waals surface area contributed by atoms with Crippen LogP contribution in [-0.4, -0.2) is 50.9 Å². The molecule has 2 aliphatic heterocycles. The predicted molar refractivity (Wildman–Crippen MR) is 119 cm³/mol. The molecule has 1 aliphatic carbocycles. The molecule has 3 aliphatic rings. The summed E-state index contributed by atoms with van der Waals surface area (Å²) in [5, 5.41) is 3.20. The summed E-state index contributed by atoms with van der Waals surface area (Å²) in [5.41, 5.74) is 1.38. The van der Waals surface area contributed by atoms with Crippen LogP contribution >= 0.6 is 0 Å². The molecule has 0 spiro atoms. The largest absolute Gasteiger partial charge is 0.371 e. The van der Waals surface area contributed by atoms with Gasteiger partial charge in [0.05, 0.1) is 10.5 Å². The lowest BCUT2D eigenvalue weighted by molar-refractivity contribution is 0.0923. The molecular formula is C23H35N3O3S. The van der Waals surface area contributed by atoms with Crippen LogP contribution in [0.5, 0.6) is 0 Å². The van der Waals surface area contributed by atoms with E-state index >= 15 is 0 Å². The highest BCUT2D eigenvalue weighted by molar-refractivity contribution is 7.89. The van der Waals surface area contributed by atoms with Crippen LogP contribution in [0.2, 0.25) is 0 Å². The average Bonchev–Trinajstić information content (AvgIpc) is 3.30. The molecule has 2 saturated heterocycles. The van der Waals surface area contributed by atoms with Gasteiger partial charge in [0.15, 0.2) is 0 Å². The minimum atomic E-state index is -3.56. The molecule has 4 rings (SSSR count). The number of nitrogens with one attached hydrogen (secondary N) is 1. The van der Waals surface area contributed by atoms with Crippen molar-refractivity contribution in [1.82, 2.24) is 9.62 Å². The van der Waals surface area contributed by atoms with Crippen molar-refractivity contribution in [3.05, 3.63) is 23.8 Å². The van der Waals surface area contributed by atoms with Gasteiger partial charge in [0.1, 0.15) is 0 Å². The van der Waals surface area contributed by atoms with Gasteiger partial charge < -0.3 is 10.2 Å². The van der Waals surface area contributed by atoms with E-state index in [1.165, 1.54) is 0 Å². The summed E-state index contributed by atoms with van der Waals surface area (Å²) in [6.07, 6.45) is 9.35. The van der Waals surface area contributed by atoms with E-state index < -0.39 is 10.0 Å². The van der Waals surface area contributed by atoms with Crippen molar-refractivity contribution in [2.24, 2.45) is 5.92 Å². The highest BCUT2D eigenvalue weighted by atomic mass is 32.2. The summed E-state index contributed by atoms with van der Waals surface area (Å²) in [6.45, 7) is 5.23. The highest BCUT2D eigenvalue weighted by Crippen LogP contribution is 2.30. The molecule has 0 radical (unpaired) electrons. The number of piperidine rings is 1. The SMILES string of the molecule is CC1CCC(NC(=O)c2cc(S(=O)(=O)N3CCCCC3)ccc2N2CCCC2)CC1. The van der Waals surface area contributed by atoms with Crippen molar-refractivity contribution in [2.45, 2.75) is 75.6 Å². The maximum Gasteiger partial charge on any atom is 0.253 e. The Morgan fingerprint density at radius 3 is 2.23 bits per heavy atom. The van der Waals surface area contributed by atoms with Crippen molar-refractivity contribution < 1.29 is 13.2 Å². The Morgan fingerprint density at radius 1 is 0.933 bits per heavy atom. The molecule has 7 heteroatoms. The Balaban J connectivity index is 1.61. The van der Waals surface area contributed by atoms with Gasteiger partial charge in [0, 0.05) is 37.9 Å². The third-order valence-corrected chi connectivity index (χ3v) is 8.86. The summed E-state index contributed by atoms with van der Waals surface area (Å²) in [5.74, 6) is 0.587. The van der Waals surface area contributed by atoms with E-state index in [-0.39, 0.29) is 16.8 Å². The maximum absolute atomic E-state index is 13.3. The number of sulfonamides is 1. The van der Waals surface area contributed by atoms with Crippen LogP contribution in [0.25, 0.3) is 0 Å². The number of rotatable bonds is 5. The summed E-state index contributed by atoms with van der Waals surface area (Å²) >= 11 is 0. The zero-order valence-corrected chi connectivity index (χ0v) is 18.9. The van der Waals surface area contributed by atoms with Crippen LogP contribution in [0.3, 0.4) is 0 Å². The number of carbonyl (C=O) groups excluding carboxylic acids is 1. The summed E-state index contributed by atoms with van der Waals surface area (Å²) in [6, 6.07) is 5.34. The highest BCUT2D eigenvalue weighted by Gasteiger charge is 2.29. The van der Waals surface area contributed by atoms with Crippen molar-refractivity contribution >= 4 is 21.6 Å². The van der Waals surface area contributed by atoms with E-state index in [9.17, 15) is 13.2 Å². The molecule has 1 N–H and O–H groups in total. The molecule has 0 atom stereocenters. The zero-order valence-electron chi connectivity index (χ0n) is 18.1. The quantitative estimate of drug-likeness (QED) is 0.767. The molecule has 1 aromatic rings. The molecule has 1 amide bonds. The summed E-state index contributed by atoms with van der Waals surface area (Å²) in [4.78, 5) is 15.7. The Kier molecular flexibility index (Phi) is 6.68. The number of hydrogen-bond donors (Lipinski definition) is 1. The second kappa shape index (κ2) is 9.27. The minimum absolute atomic E-state index is 0.132. The molecule has 0 bridgehead atoms. The Labute approximate surface area is 181 Å². The molecule has 0 unspecified atom stereocenters. The van der Waals surface area contributed by atoms with Crippen LogP contribution in [0, 0.1) is 5.92 Å². The number of amides is 1. The van der Waals surface area contributed by atoms with Gasteiger partial charge in [-0.3, -0.25) is 4.79 Å². The van der Waals surface area contributed by atoms with Crippen molar-refractivity contribution in [3.8, 4) is 0 Å². The minimum Gasteiger partial charge on any atom is -0.371 e. The number of nitrogens with zero attached hydrogens (tertiary/aromatic N) is 2. The molecule has 30 heavy (non-hydrogen) atoms. The van der Waals surface area contributed by atoms with Gasteiger partial charge in [0.25, 0.3) is 5.91 Å². The van der Waals surface area contributed by atoms with E-state index in [0.29, 0.717) is 18.7 Å². The zero-order chi connectivity index (χ0) is 21.1. The molecule has 6 nitrogen and oxygen atoms in total. The van der Waals surface area contributed by atoms with Crippen LogP contribution in [-0.2, 0) is 10.0 Å². The van der Waals surface area contributed by atoms with Crippen LogP contribution in [0.15, 0.2) is 23.1 Å². The van der Waals surface area contributed by atoms with Gasteiger partial charge in [-0.15, -0.1) is 0 Å². The Morgan fingerprint density at radius 2 is 1.57 bits per heavy atom. The topological polar surface area (TPSA) is 69.7 Å². The normalized spacial score (nSPS) is 26.0. The lowest BCUT2D eigenvalue weighted by Crippen LogP contribution is -2.38. The van der Waals surface area contributed by atoms with Gasteiger partial charge in [-0.05, 0) is 75.5 Å². The van der Waals surface area contributed by atoms with Gasteiger partial charge in [-0.25, -0.2) is 8.42 Å². The molecule has 1 saturated carbocycles. The lowest BCUT2D eigenvalue weighted by atomic mass is 9.87. The fourth-order valence-corrected chi connectivity index (χ4v) is 6.56. The van der Waals surface area contributed by atoms with Crippen molar-refractivity contribution in [1.29, 1.82) is 0 Å². The van der Waals surface area contributed by atoms with Crippen LogP contribution in [0.4, 0.5) is 5.69 Å². The maximum atomic E-state index is 13.3. The van der Waals surface area contributed by atoms with E-state index in [2.05, 4.69) is 17.1 Å². The first-order valence-corrected chi connectivity index (χ1v) is 13.1. The van der Waals surface area contributed by atoms with E-state index in [1.807, 2.05) is 6.07 Å². The molecule has 3 fully saturated rings. The summed E-state index contributed by atoms with van der Waals surface area (Å²) in [7, 11) is -3.56. The monoisotopic (exact) mass is 433 g/mol. The number of carbonyl (C=O) groups is 1. The lowest BCUT2D eigenvalue weighted by Gasteiger charge is -2.29. The predicted octanol–water partition coefficient (Wildman–Crippen LogP) is 3.77. The van der Waals surface area contributed by atoms with Gasteiger partial charge in [-0.2, -0.15) is 4.31 Å². The number of benzene rings is 1. The molecule has 2 heterocycles. The third kappa shape index (κ3) is 4.67. The first kappa shape index (κ1) is 21.6. The number of anilines is 1. The van der Waals surface area contributed by atoms with Gasteiger partial charge >= 0.3 is 0 Å².